The third kappa shape index (κ3) is 3.76. The average molecular weight is 310 g/mol. The molecule has 1 aromatic rings. The Hall–Kier alpha value is -1.10. The summed E-state index contributed by atoms with van der Waals surface area (Å²) in [6, 6.07) is 8.08. The Balaban J connectivity index is 2.27. The summed E-state index contributed by atoms with van der Waals surface area (Å²) in [4.78, 5) is 16.4. The second-order valence-corrected chi connectivity index (χ2v) is 6.11. The van der Waals surface area contributed by atoms with Crippen LogP contribution in [-0.2, 0) is 4.79 Å². The molecule has 1 aliphatic rings. The van der Waals surface area contributed by atoms with E-state index in [1.54, 1.807) is 4.90 Å². The van der Waals surface area contributed by atoms with Crippen LogP contribution in [0, 0.1) is 0 Å². The van der Waals surface area contributed by atoms with Gasteiger partial charge in [0, 0.05) is 44.8 Å². The molecule has 1 heterocycles. The van der Waals surface area contributed by atoms with Crippen molar-refractivity contribution >= 4 is 17.5 Å². The quantitative estimate of drug-likeness (QED) is 0.926. The monoisotopic (exact) mass is 309 g/mol. The molecule has 2 unspecified atom stereocenters. The van der Waals surface area contributed by atoms with E-state index >= 15 is 0 Å². The van der Waals surface area contributed by atoms with Gasteiger partial charge in [0.1, 0.15) is 6.04 Å². The molecule has 21 heavy (non-hydrogen) atoms. The lowest BCUT2D eigenvalue weighted by atomic mass is 9.99. The van der Waals surface area contributed by atoms with Gasteiger partial charge in [-0.25, -0.2) is 0 Å². The summed E-state index contributed by atoms with van der Waals surface area (Å²) in [5.74, 6) is 0.155. The molecular weight excluding hydrogens is 286 g/mol. The Bertz CT molecular complexity index is 492. The zero-order chi connectivity index (χ0) is 15.4. The van der Waals surface area contributed by atoms with E-state index in [4.69, 9.17) is 11.6 Å². The maximum atomic E-state index is 12.4. The number of piperazine rings is 1. The van der Waals surface area contributed by atoms with Crippen LogP contribution in [-0.4, -0.2) is 55.5 Å². The van der Waals surface area contributed by atoms with Crippen LogP contribution in [0.5, 0.6) is 0 Å². The van der Waals surface area contributed by atoms with Crippen LogP contribution in [0.1, 0.15) is 24.9 Å². The van der Waals surface area contributed by atoms with E-state index < -0.39 is 0 Å². The first-order valence-corrected chi connectivity index (χ1v) is 7.85. The van der Waals surface area contributed by atoms with Crippen LogP contribution in [0.15, 0.2) is 24.3 Å². The molecule has 5 heteroatoms. The van der Waals surface area contributed by atoms with Crippen LogP contribution in [0.3, 0.4) is 0 Å². The molecule has 1 fully saturated rings. The standard InChI is InChI=1S/C16H24ClN3O/c1-4-14(12-6-5-7-13(17)10-12)20-9-8-18-11-15(20)16(21)19(2)3/h5-7,10,14-15,18H,4,8-9,11H2,1-3H3. The topological polar surface area (TPSA) is 35.6 Å². The molecule has 1 aromatic carbocycles. The number of hydrogen-bond acceptors (Lipinski definition) is 3. The number of likely N-dealkylation sites (N-methyl/N-ethyl adjacent to an activating group) is 1. The first-order valence-electron chi connectivity index (χ1n) is 7.47. The minimum atomic E-state index is -0.113. The minimum absolute atomic E-state index is 0.113. The number of halogens is 1. The SMILES string of the molecule is CCC(c1cccc(Cl)c1)N1CCNCC1C(=O)N(C)C. The Labute approximate surface area is 132 Å². The Kier molecular flexibility index (Phi) is 5.62. The molecule has 116 valence electrons. The average Bonchev–Trinajstić information content (AvgIpc) is 2.48. The zero-order valence-corrected chi connectivity index (χ0v) is 13.7. The lowest BCUT2D eigenvalue weighted by Crippen LogP contribution is -2.58. The van der Waals surface area contributed by atoms with Gasteiger partial charge in [-0.1, -0.05) is 30.7 Å². The molecule has 1 amide bonds. The van der Waals surface area contributed by atoms with Gasteiger partial charge < -0.3 is 10.2 Å². The minimum Gasteiger partial charge on any atom is -0.347 e. The lowest BCUT2D eigenvalue weighted by molar-refractivity contribution is -0.136. The van der Waals surface area contributed by atoms with E-state index in [1.165, 1.54) is 5.56 Å². The van der Waals surface area contributed by atoms with Gasteiger partial charge >= 0.3 is 0 Å². The fourth-order valence-corrected chi connectivity index (χ4v) is 3.19. The molecule has 4 nitrogen and oxygen atoms in total. The van der Waals surface area contributed by atoms with Crippen molar-refractivity contribution < 1.29 is 4.79 Å². The normalized spacial score (nSPS) is 21.0. The number of carbonyl (C=O) groups excluding carboxylic acids is 1. The van der Waals surface area contributed by atoms with Crippen molar-refractivity contribution in [3.8, 4) is 0 Å². The van der Waals surface area contributed by atoms with Gasteiger partial charge in [0.2, 0.25) is 5.91 Å². The van der Waals surface area contributed by atoms with Crippen LogP contribution >= 0.6 is 11.6 Å². The summed E-state index contributed by atoms with van der Waals surface area (Å²) >= 11 is 6.13. The van der Waals surface area contributed by atoms with Crippen molar-refractivity contribution in [3.05, 3.63) is 34.9 Å². The number of nitrogens with zero attached hydrogens (tertiary/aromatic N) is 2. The molecule has 0 bridgehead atoms. The number of carbonyl (C=O) groups is 1. The highest BCUT2D eigenvalue weighted by Crippen LogP contribution is 2.29. The summed E-state index contributed by atoms with van der Waals surface area (Å²) in [5.41, 5.74) is 1.18. The van der Waals surface area contributed by atoms with Gasteiger partial charge in [0.25, 0.3) is 0 Å². The fraction of sp³-hybridized carbons (Fsp3) is 0.562. The highest BCUT2D eigenvalue weighted by molar-refractivity contribution is 6.30. The molecular formula is C16H24ClN3O. The van der Waals surface area contributed by atoms with Gasteiger partial charge in [-0.05, 0) is 24.1 Å². The van der Waals surface area contributed by atoms with Gasteiger partial charge in [0.15, 0.2) is 0 Å². The third-order valence-corrected chi connectivity index (χ3v) is 4.27. The molecule has 0 spiro atoms. The number of nitrogens with one attached hydrogen (secondary N) is 1. The molecule has 0 aromatic heterocycles. The Morgan fingerprint density at radius 2 is 2.29 bits per heavy atom. The summed E-state index contributed by atoms with van der Waals surface area (Å²) in [5, 5.41) is 4.07. The maximum absolute atomic E-state index is 12.4. The predicted molar refractivity (Wildman–Crippen MR) is 86.5 cm³/mol. The summed E-state index contributed by atoms with van der Waals surface area (Å²) in [7, 11) is 3.63. The first-order chi connectivity index (χ1) is 10.0. The van der Waals surface area contributed by atoms with Gasteiger partial charge in [-0.2, -0.15) is 0 Å². The Morgan fingerprint density at radius 1 is 1.52 bits per heavy atom. The molecule has 2 atom stereocenters. The zero-order valence-electron chi connectivity index (χ0n) is 13.0. The van der Waals surface area contributed by atoms with E-state index in [0.717, 1.165) is 24.5 Å². The second kappa shape index (κ2) is 7.25. The van der Waals surface area contributed by atoms with E-state index in [1.807, 2.05) is 32.3 Å². The van der Waals surface area contributed by atoms with Gasteiger partial charge in [0.05, 0.1) is 0 Å². The van der Waals surface area contributed by atoms with Crippen molar-refractivity contribution in [2.75, 3.05) is 33.7 Å². The van der Waals surface area contributed by atoms with Crippen LogP contribution in [0.2, 0.25) is 5.02 Å². The summed E-state index contributed by atoms with van der Waals surface area (Å²) < 4.78 is 0. The van der Waals surface area contributed by atoms with Crippen molar-refractivity contribution in [1.29, 1.82) is 0 Å². The fourth-order valence-electron chi connectivity index (χ4n) is 3.00. The van der Waals surface area contributed by atoms with Crippen LogP contribution in [0.4, 0.5) is 0 Å². The van der Waals surface area contributed by atoms with Crippen LogP contribution < -0.4 is 5.32 Å². The van der Waals surface area contributed by atoms with Gasteiger partial charge in [-0.3, -0.25) is 9.69 Å². The van der Waals surface area contributed by atoms with E-state index in [-0.39, 0.29) is 18.0 Å². The number of amides is 1. The summed E-state index contributed by atoms with van der Waals surface area (Å²) in [6.07, 6.45) is 0.956. The van der Waals surface area contributed by atoms with E-state index in [0.29, 0.717) is 6.54 Å². The van der Waals surface area contributed by atoms with Crippen LogP contribution in [0.25, 0.3) is 0 Å². The highest BCUT2D eigenvalue weighted by Gasteiger charge is 2.34. The van der Waals surface area contributed by atoms with Crippen molar-refractivity contribution in [1.82, 2.24) is 15.1 Å². The molecule has 1 N–H and O–H groups in total. The number of hydrogen-bond donors (Lipinski definition) is 1. The third-order valence-electron chi connectivity index (χ3n) is 4.03. The Morgan fingerprint density at radius 3 is 2.90 bits per heavy atom. The number of benzene rings is 1. The van der Waals surface area contributed by atoms with E-state index in [2.05, 4.69) is 23.2 Å². The number of rotatable bonds is 4. The lowest BCUT2D eigenvalue weighted by Gasteiger charge is -2.41. The molecule has 1 aliphatic heterocycles. The molecule has 2 rings (SSSR count). The van der Waals surface area contributed by atoms with E-state index in [9.17, 15) is 4.79 Å². The summed E-state index contributed by atoms with van der Waals surface area (Å²) in [6.45, 7) is 4.64. The maximum Gasteiger partial charge on any atom is 0.240 e. The molecule has 1 saturated heterocycles. The van der Waals surface area contributed by atoms with Crippen molar-refractivity contribution in [2.45, 2.75) is 25.4 Å². The smallest absolute Gasteiger partial charge is 0.240 e. The predicted octanol–water partition coefficient (Wildman–Crippen LogP) is 2.15. The molecule has 0 saturated carbocycles. The first kappa shape index (κ1) is 16.3. The van der Waals surface area contributed by atoms with Crippen molar-refractivity contribution in [2.24, 2.45) is 0 Å². The van der Waals surface area contributed by atoms with Gasteiger partial charge in [-0.15, -0.1) is 0 Å². The second-order valence-electron chi connectivity index (χ2n) is 5.67. The molecule has 0 radical (unpaired) electrons. The highest BCUT2D eigenvalue weighted by atomic mass is 35.5. The van der Waals surface area contributed by atoms with Crippen molar-refractivity contribution in [3.63, 3.8) is 0 Å². The largest absolute Gasteiger partial charge is 0.347 e. The molecule has 0 aliphatic carbocycles.